The molecule has 0 bridgehead atoms. The Kier molecular flexibility index (Phi) is 4.39. The van der Waals surface area contributed by atoms with Crippen LogP contribution < -0.4 is 10.1 Å². The maximum Gasteiger partial charge on any atom is 0.267 e. The number of halogens is 1. The molecule has 0 unspecified atom stereocenters. The van der Waals surface area contributed by atoms with E-state index in [0.717, 1.165) is 32.3 Å². The lowest BCUT2D eigenvalue weighted by Gasteiger charge is -2.09. The molecule has 2 aromatic carbocycles. The molecule has 0 aliphatic heterocycles. The van der Waals surface area contributed by atoms with E-state index < -0.39 is 0 Å². The van der Waals surface area contributed by atoms with Crippen LogP contribution in [0.4, 0.5) is 0 Å². The molecule has 118 valence electrons. The average Bonchev–Trinajstić information content (AvgIpc) is 2.96. The number of carbonyl (C=O) groups excluding carboxylic acids is 1. The minimum atomic E-state index is -0.118. The second-order valence-corrected chi connectivity index (χ2v) is 6.31. The second kappa shape index (κ2) is 6.46. The van der Waals surface area contributed by atoms with Gasteiger partial charge < -0.3 is 15.0 Å². The van der Waals surface area contributed by atoms with Gasteiger partial charge >= 0.3 is 0 Å². The van der Waals surface area contributed by atoms with E-state index in [9.17, 15) is 4.79 Å². The number of aromatic amines is 1. The first-order chi connectivity index (χ1) is 11.1. The van der Waals surface area contributed by atoms with E-state index in [0.29, 0.717) is 12.2 Å². The van der Waals surface area contributed by atoms with Crippen LogP contribution in [0, 0.1) is 6.92 Å². The smallest absolute Gasteiger partial charge is 0.267 e. The van der Waals surface area contributed by atoms with Crippen molar-refractivity contribution in [3.05, 3.63) is 63.8 Å². The first-order valence-corrected chi connectivity index (χ1v) is 8.06. The van der Waals surface area contributed by atoms with Gasteiger partial charge in [0.1, 0.15) is 11.4 Å². The van der Waals surface area contributed by atoms with E-state index in [1.165, 1.54) is 0 Å². The number of benzene rings is 2. The third kappa shape index (κ3) is 3.40. The van der Waals surface area contributed by atoms with Crippen molar-refractivity contribution in [3.63, 3.8) is 0 Å². The first-order valence-electron chi connectivity index (χ1n) is 7.27. The minimum absolute atomic E-state index is 0.118. The number of rotatable bonds is 4. The Morgan fingerprint density at radius 1 is 1.22 bits per heavy atom. The van der Waals surface area contributed by atoms with Crippen molar-refractivity contribution in [1.82, 2.24) is 10.3 Å². The Balaban J connectivity index is 1.73. The van der Waals surface area contributed by atoms with Crippen LogP contribution in [0.25, 0.3) is 10.9 Å². The molecule has 0 radical (unpaired) electrons. The summed E-state index contributed by atoms with van der Waals surface area (Å²) in [4.78, 5) is 15.5. The zero-order chi connectivity index (χ0) is 16.4. The van der Waals surface area contributed by atoms with Crippen LogP contribution >= 0.6 is 15.9 Å². The lowest BCUT2D eigenvalue weighted by molar-refractivity contribution is 0.0946. The molecule has 0 spiro atoms. The van der Waals surface area contributed by atoms with Gasteiger partial charge in [0.25, 0.3) is 5.91 Å². The van der Waals surface area contributed by atoms with Crippen LogP contribution in [0.5, 0.6) is 5.75 Å². The molecule has 5 heteroatoms. The summed E-state index contributed by atoms with van der Waals surface area (Å²) < 4.78 is 6.18. The Bertz CT molecular complexity index is 871. The van der Waals surface area contributed by atoms with Gasteiger partial charge in [-0.15, -0.1) is 0 Å². The van der Waals surface area contributed by atoms with Crippen molar-refractivity contribution >= 4 is 32.7 Å². The van der Waals surface area contributed by atoms with E-state index in [1.54, 1.807) is 7.11 Å². The number of aromatic nitrogens is 1. The molecule has 3 rings (SSSR count). The number of H-pyrrole nitrogens is 1. The fourth-order valence-electron chi connectivity index (χ4n) is 2.49. The Morgan fingerprint density at radius 3 is 2.78 bits per heavy atom. The maximum absolute atomic E-state index is 12.3. The number of methoxy groups -OCH3 is 1. The normalized spacial score (nSPS) is 10.7. The van der Waals surface area contributed by atoms with Gasteiger partial charge in [0.2, 0.25) is 0 Å². The van der Waals surface area contributed by atoms with E-state index in [-0.39, 0.29) is 5.91 Å². The first kappa shape index (κ1) is 15.6. The van der Waals surface area contributed by atoms with Gasteiger partial charge in [-0.05, 0) is 54.4 Å². The summed E-state index contributed by atoms with van der Waals surface area (Å²) in [7, 11) is 1.64. The van der Waals surface area contributed by atoms with Crippen LogP contribution in [0.2, 0.25) is 0 Å². The van der Waals surface area contributed by atoms with Gasteiger partial charge in [0.15, 0.2) is 0 Å². The minimum Gasteiger partial charge on any atom is -0.497 e. The fourth-order valence-corrected chi connectivity index (χ4v) is 2.87. The highest BCUT2D eigenvalue weighted by molar-refractivity contribution is 9.10. The molecule has 1 amide bonds. The number of ether oxygens (including phenoxy) is 1. The molecule has 0 fully saturated rings. The van der Waals surface area contributed by atoms with Crippen molar-refractivity contribution < 1.29 is 9.53 Å². The highest BCUT2D eigenvalue weighted by Crippen LogP contribution is 2.21. The summed E-state index contributed by atoms with van der Waals surface area (Å²) in [5, 5.41) is 3.95. The van der Waals surface area contributed by atoms with Crippen molar-refractivity contribution in [3.8, 4) is 5.75 Å². The zero-order valence-corrected chi connectivity index (χ0v) is 14.5. The quantitative estimate of drug-likeness (QED) is 0.721. The largest absolute Gasteiger partial charge is 0.497 e. The molecule has 0 saturated carbocycles. The van der Waals surface area contributed by atoms with E-state index in [1.807, 2.05) is 49.4 Å². The molecule has 1 aromatic heterocycles. The lowest BCUT2D eigenvalue weighted by atomic mass is 10.1. The molecular formula is C18H17BrN2O2. The number of carbonyl (C=O) groups is 1. The summed E-state index contributed by atoms with van der Waals surface area (Å²) >= 11 is 3.44. The highest BCUT2D eigenvalue weighted by Gasteiger charge is 2.10. The Morgan fingerprint density at radius 2 is 2.04 bits per heavy atom. The van der Waals surface area contributed by atoms with E-state index >= 15 is 0 Å². The third-order valence-corrected chi connectivity index (χ3v) is 4.31. The van der Waals surface area contributed by atoms with Crippen LogP contribution in [0.1, 0.15) is 21.6 Å². The van der Waals surface area contributed by atoms with Gasteiger partial charge in [0.05, 0.1) is 7.11 Å². The van der Waals surface area contributed by atoms with Crippen LogP contribution in [-0.2, 0) is 6.54 Å². The predicted molar refractivity (Wildman–Crippen MR) is 94.9 cm³/mol. The maximum atomic E-state index is 12.3. The number of hydrogen-bond donors (Lipinski definition) is 2. The standard InChI is InChI=1S/C18H17BrN2O2/c1-11-7-15(23-2)5-3-12(11)10-20-18(22)17-9-13-8-14(19)4-6-16(13)21-17/h3-9,21H,10H2,1-2H3,(H,20,22). The number of amides is 1. The van der Waals surface area contributed by atoms with Crippen molar-refractivity contribution in [2.75, 3.05) is 7.11 Å². The Hall–Kier alpha value is -2.27. The van der Waals surface area contributed by atoms with E-state index in [2.05, 4.69) is 26.2 Å². The lowest BCUT2D eigenvalue weighted by Crippen LogP contribution is -2.23. The molecule has 0 aliphatic rings. The third-order valence-electron chi connectivity index (χ3n) is 3.82. The SMILES string of the molecule is COc1ccc(CNC(=O)c2cc3cc(Br)ccc3[nH]2)c(C)c1. The molecule has 1 heterocycles. The van der Waals surface area contributed by atoms with Gasteiger partial charge in [-0.1, -0.05) is 22.0 Å². The van der Waals surface area contributed by atoms with Crippen LogP contribution in [0.3, 0.4) is 0 Å². The monoisotopic (exact) mass is 372 g/mol. The molecular weight excluding hydrogens is 356 g/mol. The van der Waals surface area contributed by atoms with Gasteiger partial charge in [-0.3, -0.25) is 4.79 Å². The number of aryl methyl sites for hydroxylation is 1. The number of fused-ring (bicyclic) bond motifs is 1. The number of hydrogen-bond acceptors (Lipinski definition) is 2. The molecule has 0 saturated heterocycles. The van der Waals surface area contributed by atoms with Crippen molar-refractivity contribution in [2.45, 2.75) is 13.5 Å². The fraction of sp³-hybridized carbons (Fsp3) is 0.167. The summed E-state index contributed by atoms with van der Waals surface area (Å²) in [6.45, 7) is 2.48. The number of nitrogens with one attached hydrogen (secondary N) is 2. The topological polar surface area (TPSA) is 54.1 Å². The predicted octanol–water partition coefficient (Wildman–Crippen LogP) is 4.18. The van der Waals surface area contributed by atoms with Crippen molar-refractivity contribution in [1.29, 1.82) is 0 Å². The molecule has 2 N–H and O–H groups in total. The molecule has 4 nitrogen and oxygen atoms in total. The highest BCUT2D eigenvalue weighted by atomic mass is 79.9. The second-order valence-electron chi connectivity index (χ2n) is 5.39. The van der Waals surface area contributed by atoms with E-state index in [4.69, 9.17) is 4.74 Å². The zero-order valence-electron chi connectivity index (χ0n) is 12.9. The van der Waals surface area contributed by atoms with Gasteiger partial charge in [-0.2, -0.15) is 0 Å². The average molecular weight is 373 g/mol. The summed E-state index contributed by atoms with van der Waals surface area (Å²) in [6.07, 6.45) is 0. The van der Waals surface area contributed by atoms with Gasteiger partial charge in [0, 0.05) is 21.9 Å². The Labute approximate surface area is 143 Å². The van der Waals surface area contributed by atoms with Gasteiger partial charge in [-0.25, -0.2) is 0 Å². The summed E-state index contributed by atoms with van der Waals surface area (Å²) in [5.41, 5.74) is 3.66. The molecule has 3 aromatic rings. The molecule has 23 heavy (non-hydrogen) atoms. The summed E-state index contributed by atoms with van der Waals surface area (Å²) in [6, 6.07) is 13.6. The van der Waals surface area contributed by atoms with Crippen molar-refractivity contribution in [2.24, 2.45) is 0 Å². The van der Waals surface area contributed by atoms with Crippen LogP contribution in [0.15, 0.2) is 46.9 Å². The molecule has 0 aliphatic carbocycles. The van der Waals surface area contributed by atoms with Crippen LogP contribution in [-0.4, -0.2) is 18.0 Å². The molecule has 0 atom stereocenters. The summed E-state index contributed by atoms with van der Waals surface area (Å²) in [5.74, 6) is 0.700.